The summed E-state index contributed by atoms with van der Waals surface area (Å²) in [5, 5.41) is 0.788. The Bertz CT molecular complexity index is 597. The van der Waals surface area contributed by atoms with E-state index in [9.17, 15) is 0 Å². The van der Waals surface area contributed by atoms with Gasteiger partial charge in [0.2, 0.25) is 0 Å². The summed E-state index contributed by atoms with van der Waals surface area (Å²) in [4.78, 5) is 0. The topological polar surface area (TPSA) is 18.5 Å². The molecule has 2 aromatic rings. The van der Waals surface area contributed by atoms with Crippen molar-refractivity contribution in [2.24, 2.45) is 0 Å². The molecule has 0 radical (unpaired) electrons. The van der Waals surface area contributed by atoms with Gasteiger partial charge >= 0.3 is 0 Å². The lowest BCUT2D eigenvalue weighted by molar-refractivity contribution is 0.303. The first-order chi connectivity index (χ1) is 9.63. The third-order valence-corrected chi connectivity index (χ3v) is 4.19. The molecule has 0 aromatic heterocycles. The van der Waals surface area contributed by atoms with Crippen LogP contribution in [0.2, 0.25) is 0 Å². The minimum Gasteiger partial charge on any atom is -0.496 e. The number of hydrogen-bond acceptors (Lipinski definition) is 2. The van der Waals surface area contributed by atoms with Crippen molar-refractivity contribution in [2.45, 2.75) is 18.9 Å². The molecule has 0 amide bonds. The smallest absolute Gasteiger partial charge is 0.133 e. The molecular weight excluding hydrogens is 384 g/mol. The Morgan fingerprint density at radius 2 is 1.80 bits per heavy atom. The molecule has 0 atom stereocenters. The molecule has 0 aliphatic rings. The van der Waals surface area contributed by atoms with Gasteiger partial charge in [0, 0.05) is 10.9 Å². The zero-order valence-electron chi connectivity index (χ0n) is 11.5. The molecule has 0 fully saturated rings. The number of methoxy groups -OCH3 is 1. The lowest BCUT2D eigenvalue weighted by Crippen LogP contribution is -1.98. The van der Waals surface area contributed by atoms with Crippen LogP contribution in [0.3, 0.4) is 0 Å². The van der Waals surface area contributed by atoms with Crippen molar-refractivity contribution in [1.29, 1.82) is 0 Å². The van der Waals surface area contributed by atoms with E-state index >= 15 is 0 Å². The Kier molecular flexibility index (Phi) is 5.49. The van der Waals surface area contributed by atoms with E-state index < -0.39 is 0 Å². The number of rotatable bonds is 5. The maximum Gasteiger partial charge on any atom is 0.133 e. The maximum absolute atomic E-state index is 5.91. The SMILES string of the molecule is COc1ccc(COc2ccc(C)cc2CBr)cc1Br. The van der Waals surface area contributed by atoms with Crippen LogP contribution in [-0.2, 0) is 11.9 Å². The normalized spacial score (nSPS) is 10.4. The van der Waals surface area contributed by atoms with E-state index in [1.807, 2.05) is 24.3 Å². The predicted molar refractivity (Wildman–Crippen MR) is 88.8 cm³/mol. The third-order valence-electron chi connectivity index (χ3n) is 2.97. The molecule has 0 unspecified atom stereocenters. The molecule has 0 N–H and O–H groups in total. The molecule has 2 nitrogen and oxygen atoms in total. The predicted octanol–water partition coefficient (Wildman–Crippen LogP) is 5.24. The molecule has 0 saturated carbocycles. The van der Waals surface area contributed by atoms with E-state index in [2.05, 4.69) is 50.9 Å². The van der Waals surface area contributed by atoms with Crippen LogP contribution in [0.5, 0.6) is 11.5 Å². The van der Waals surface area contributed by atoms with Crippen molar-refractivity contribution in [3.63, 3.8) is 0 Å². The number of hydrogen-bond donors (Lipinski definition) is 0. The van der Waals surface area contributed by atoms with E-state index in [0.717, 1.165) is 32.4 Å². The van der Waals surface area contributed by atoms with E-state index in [1.54, 1.807) is 7.11 Å². The first kappa shape index (κ1) is 15.4. The highest BCUT2D eigenvalue weighted by molar-refractivity contribution is 9.10. The minimum atomic E-state index is 0.533. The lowest BCUT2D eigenvalue weighted by Gasteiger charge is -2.12. The van der Waals surface area contributed by atoms with Gasteiger partial charge in [-0.15, -0.1) is 0 Å². The summed E-state index contributed by atoms with van der Waals surface area (Å²) in [6, 6.07) is 12.2. The van der Waals surface area contributed by atoms with Gasteiger partial charge in [0.1, 0.15) is 18.1 Å². The maximum atomic E-state index is 5.91. The molecule has 0 aliphatic carbocycles. The Hall–Kier alpha value is -1.000. The summed E-state index contributed by atoms with van der Waals surface area (Å²) in [5.74, 6) is 1.74. The van der Waals surface area contributed by atoms with E-state index in [1.165, 1.54) is 5.56 Å². The van der Waals surface area contributed by atoms with Crippen molar-refractivity contribution in [3.8, 4) is 11.5 Å². The second kappa shape index (κ2) is 7.14. The monoisotopic (exact) mass is 398 g/mol. The highest BCUT2D eigenvalue weighted by Gasteiger charge is 2.05. The quantitative estimate of drug-likeness (QED) is 0.640. The largest absolute Gasteiger partial charge is 0.496 e. The van der Waals surface area contributed by atoms with Gasteiger partial charge < -0.3 is 9.47 Å². The van der Waals surface area contributed by atoms with Gasteiger partial charge in [-0.3, -0.25) is 0 Å². The fourth-order valence-corrected chi connectivity index (χ4v) is 2.94. The molecular formula is C16H16Br2O2. The first-order valence-corrected chi connectivity index (χ1v) is 8.16. The van der Waals surface area contributed by atoms with Crippen molar-refractivity contribution in [2.75, 3.05) is 7.11 Å². The Balaban J connectivity index is 2.10. The summed E-state index contributed by atoms with van der Waals surface area (Å²) in [7, 11) is 1.66. The Morgan fingerprint density at radius 1 is 1.05 bits per heavy atom. The molecule has 106 valence electrons. The van der Waals surface area contributed by atoms with Gasteiger partial charge in [-0.25, -0.2) is 0 Å². The number of halogens is 2. The van der Waals surface area contributed by atoms with Gasteiger partial charge in [-0.05, 0) is 46.6 Å². The van der Waals surface area contributed by atoms with Crippen LogP contribution in [0.15, 0.2) is 40.9 Å². The van der Waals surface area contributed by atoms with Crippen LogP contribution in [0, 0.1) is 6.92 Å². The number of alkyl halides is 1. The average Bonchev–Trinajstić information content (AvgIpc) is 2.46. The number of ether oxygens (including phenoxy) is 2. The molecule has 0 bridgehead atoms. The summed E-state index contributed by atoms with van der Waals surface area (Å²) in [6.45, 7) is 2.61. The van der Waals surface area contributed by atoms with Crippen molar-refractivity contribution < 1.29 is 9.47 Å². The highest BCUT2D eigenvalue weighted by Crippen LogP contribution is 2.27. The Morgan fingerprint density at radius 3 is 2.45 bits per heavy atom. The zero-order chi connectivity index (χ0) is 14.5. The standard InChI is InChI=1S/C16H16Br2O2/c1-11-3-5-15(13(7-11)9-17)20-10-12-4-6-16(19-2)14(18)8-12/h3-8H,9-10H2,1-2H3. The summed E-state index contributed by atoms with van der Waals surface area (Å²) >= 11 is 6.98. The second-order valence-electron chi connectivity index (χ2n) is 4.50. The van der Waals surface area contributed by atoms with Crippen molar-refractivity contribution >= 4 is 31.9 Å². The molecule has 0 heterocycles. The molecule has 2 rings (SSSR count). The Labute approximate surface area is 136 Å². The summed E-state index contributed by atoms with van der Waals surface area (Å²) in [5.41, 5.74) is 3.50. The van der Waals surface area contributed by atoms with Crippen LogP contribution < -0.4 is 9.47 Å². The molecule has 2 aromatic carbocycles. The van der Waals surface area contributed by atoms with Gasteiger partial charge in [-0.2, -0.15) is 0 Å². The number of aryl methyl sites for hydroxylation is 1. The third kappa shape index (κ3) is 3.76. The zero-order valence-corrected chi connectivity index (χ0v) is 14.6. The fraction of sp³-hybridized carbons (Fsp3) is 0.250. The average molecular weight is 400 g/mol. The van der Waals surface area contributed by atoms with E-state index in [-0.39, 0.29) is 0 Å². The molecule has 4 heteroatoms. The molecule has 20 heavy (non-hydrogen) atoms. The van der Waals surface area contributed by atoms with Crippen LogP contribution in [-0.4, -0.2) is 7.11 Å². The lowest BCUT2D eigenvalue weighted by atomic mass is 10.1. The van der Waals surface area contributed by atoms with Gasteiger partial charge in [0.25, 0.3) is 0 Å². The second-order valence-corrected chi connectivity index (χ2v) is 5.92. The van der Waals surface area contributed by atoms with E-state index in [0.29, 0.717) is 6.61 Å². The molecule has 0 spiro atoms. The van der Waals surface area contributed by atoms with E-state index in [4.69, 9.17) is 9.47 Å². The van der Waals surface area contributed by atoms with Crippen LogP contribution in [0.25, 0.3) is 0 Å². The highest BCUT2D eigenvalue weighted by atomic mass is 79.9. The van der Waals surface area contributed by atoms with Crippen LogP contribution >= 0.6 is 31.9 Å². The molecule has 0 saturated heterocycles. The summed E-state index contributed by atoms with van der Waals surface area (Å²) in [6.07, 6.45) is 0. The van der Waals surface area contributed by atoms with Crippen LogP contribution in [0.1, 0.15) is 16.7 Å². The fourth-order valence-electron chi connectivity index (χ4n) is 1.91. The van der Waals surface area contributed by atoms with Gasteiger partial charge in [0.15, 0.2) is 0 Å². The van der Waals surface area contributed by atoms with Crippen LogP contribution in [0.4, 0.5) is 0 Å². The first-order valence-electron chi connectivity index (χ1n) is 6.24. The van der Waals surface area contributed by atoms with Gasteiger partial charge in [-0.1, -0.05) is 39.7 Å². The van der Waals surface area contributed by atoms with Crippen molar-refractivity contribution in [1.82, 2.24) is 0 Å². The minimum absolute atomic E-state index is 0.533. The van der Waals surface area contributed by atoms with Crippen molar-refractivity contribution in [3.05, 3.63) is 57.6 Å². The van der Waals surface area contributed by atoms with Gasteiger partial charge in [0.05, 0.1) is 11.6 Å². The number of benzene rings is 2. The summed E-state index contributed by atoms with van der Waals surface area (Å²) < 4.78 is 12.1. The molecule has 0 aliphatic heterocycles.